The first-order valence-corrected chi connectivity index (χ1v) is 11.0. The highest BCUT2D eigenvalue weighted by Gasteiger charge is 2.39. The topological polar surface area (TPSA) is 67.4 Å². The highest BCUT2D eigenvalue weighted by Crippen LogP contribution is 2.31. The van der Waals surface area contributed by atoms with E-state index in [1.165, 1.54) is 0 Å². The molecule has 142 valence electrons. The Bertz CT molecular complexity index is 701. The average molecular weight is 433 g/mol. The van der Waals surface area contributed by atoms with Crippen molar-refractivity contribution in [3.63, 3.8) is 0 Å². The lowest BCUT2D eigenvalue weighted by molar-refractivity contribution is 0.157. The van der Waals surface area contributed by atoms with E-state index in [9.17, 15) is 8.42 Å². The van der Waals surface area contributed by atoms with Gasteiger partial charge in [-0.1, -0.05) is 6.92 Å². The van der Waals surface area contributed by atoms with Crippen LogP contribution in [-0.4, -0.2) is 32.1 Å². The average Bonchev–Trinajstić information content (AvgIpc) is 2.42. The fraction of sp³-hybridized carbons (Fsp3) is 0.667. The monoisotopic (exact) mass is 432 g/mol. The molecule has 5 nitrogen and oxygen atoms in total. The van der Waals surface area contributed by atoms with Gasteiger partial charge in [0.2, 0.25) is 10.0 Å². The molecule has 0 spiro atoms. The van der Waals surface area contributed by atoms with Crippen LogP contribution in [0.25, 0.3) is 0 Å². The van der Waals surface area contributed by atoms with E-state index < -0.39 is 10.0 Å². The summed E-state index contributed by atoms with van der Waals surface area (Å²) in [6.07, 6.45) is 2.34. The summed E-state index contributed by atoms with van der Waals surface area (Å²) in [7, 11) is -3.60. The molecular weight excluding hydrogens is 404 g/mol. The number of piperidine rings is 1. The lowest BCUT2D eigenvalue weighted by Crippen LogP contribution is -2.62. The summed E-state index contributed by atoms with van der Waals surface area (Å²) in [6.45, 7) is 11.0. The number of halogens is 1. The first kappa shape index (κ1) is 20.7. The number of benzene rings is 1. The van der Waals surface area contributed by atoms with Crippen LogP contribution in [-0.2, 0) is 10.0 Å². The van der Waals surface area contributed by atoms with Gasteiger partial charge >= 0.3 is 0 Å². The molecule has 1 aliphatic heterocycles. The van der Waals surface area contributed by atoms with Crippen molar-refractivity contribution in [1.82, 2.24) is 10.0 Å². The highest BCUT2D eigenvalue weighted by molar-refractivity contribution is 9.10. The van der Waals surface area contributed by atoms with Gasteiger partial charge in [0.15, 0.2) is 0 Å². The number of rotatable bonds is 6. The maximum absolute atomic E-state index is 12.9. The molecule has 1 aliphatic rings. The second kappa shape index (κ2) is 7.55. The van der Waals surface area contributed by atoms with Crippen LogP contribution in [0.5, 0.6) is 5.75 Å². The summed E-state index contributed by atoms with van der Waals surface area (Å²) in [5, 5.41) is 3.57. The smallest absolute Gasteiger partial charge is 0.240 e. The largest absolute Gasteiger partial charge is 0.492 e. The molecule has 1 fully saturated rings. The Labute approximate surface area is 160 Å². The molecule has 1 saturated heterocycles. The third-order valence-corrected chi connectivity index (χ3v) is 6.36. The quantitative estimate of drug-likeness (QED) is 0.716. The van der Waals surface area contributed by atoms with Gasteiger partial charge in [-0.05, 0) is 75.0 Å². The van der Waals surface area contributed by atoms with Crippen molar-refractivity contribution in [2.24, 2.45) is 0 Å². The molecule has 0 unspecified atom stereocenters. The maximum atomic E-state index is 12.9. The minimum Gasteiger partial charge on any atom is -0.492 e. The molecule has 7 heteroatoms. The fourth-order valence-electron chi connectivity index (χ4n) is 3.67. The molecule has 0 atom stereocenters. The minimum absolute atomic E-state index is 0.111. The van der Waals surface area contributed by atoms with E-state index in [1.807, 2.05) is 6.92 Å². The van der Waals surface area contributed by atoms with Gasteiger partial charge in [0.25, 0.3) is 0 Å². The molecule has 0 aliphatic carbocycles. The SMILES string of the molecule is CCCOc1cc(S(=O)(=O)NC2CC(C)(C)NC(C)(C)C2)ccc1Br. The van der Waals surface area contributed by atoms with Crippen LogP contribution in [0.2, 0.25) is 0 Å². The zero-order valence-electron chi connectivity index (χ0n) is 15.6. The van der Waals surface area contributed by atoms with Crippen LogP contribution < -0.4 is 14.8 Å². The predicted molar refractivity (Wildman–Crippen MR) is 105 cm³/mol. The van der Waals surface area contributed by atoms with E-state index in [0.717, 1.165) is 23.7 Å². The van der Waals surface area contributed by atoms with Crippen molar-refractivity contribution in [1.29, 1.82) is 0 Å². The van der Waals surface area contributed by atoms with Gasteiger partial charge in [0.05, 0.1) is 16.0 Å². The predicted octanol–water partition coefficient (Wildman–Crippen LogP) is 3.83. The van der Waals surface area contributed by atoms with Gasteiger partial charge in [-0.25, -0.2) is 13.1 Å². The molecule has 2 rings (SSSR count). The van der Waals surface area contributed by atoms with Crippen LogP contribution in [0, 0.1) is 0 Å². The number of hydrogen-bond acceptors (Lipinski definition) is 4. The van der Waals surface area contributed by atoms with E-state index in [4.69, 9.17) is 4.74 Å². The van der Waals surface area contributed by atoms with E-state index >= 15 is 0 Å². The first-order valence-electron chi connectivity index (χ1n) is 8.68. The van der Waals surface area contributed by atoms with E-state index in [-0.39, 0.29) is 22.0 Å². The Kier molecular flexibility index (Phi) is 6.24. The van der Waals surface area contributed by atoms with Crippen LogP contribution in [0.15, 0.2) is 27.6 Å². The highest BCUT2D eigenvalue weighted by atomic mass is 79.9. The van der Waals surface area contributed by atoms with Crippen molar-refractivity contribution in [2.75, 3.05) is 6.61 Å². The molecule has 1 aromatic carbocycles. The number of hydrogen-bond donors (Lipinski definition) is 2. The summed E-state index contributed by atoms with van der Waals surface area (Å²) in [5.41, 5.74) is -0.242. The van der Waals surface area contributed by atoms with Crippen LogP contribution in [0.1, 0.15) is 53.9 Å². The molecule has 0 amide bonds. The maximum Gasteiger partial charge on any atom is 0.240 e. The first-order chi connectivity index (χ1) is 11.4. The van der Waals surface area contributed by atoms with Gasteiger partial charge in [-0.15, -0.1) is 0 Å². The van der Waals surface area contributed by atoms with E-state index in [2.05, 4.69) is 53.7 Å². The van der Waals surface area contributed by atoms with Gasteiger partial charge in [-0.2, -0.15) is 0 Å². The third-order valence-electron chi connectivity index (χ3n) is 4.19. The van der Waals surface area contributed by atoms with Crippen LogP contribution in [0.4, 0.5) is 0 Å². The summed E-state index contributed by atoms with van der Waals surface area (Å²) >= 11 is 3.41. The Hall–Kier alpha value is -0.630. The van der Waals surface area contributed by atoms with Crippen molar-refractivity contribution in [2.45, 2.75) is 75.9 Å². The molecule has 2 N–H and O–H groups in total. The van der Waals surface area contributed by atoms with Crippen molar-refractivity contribution >= 4 is 26.0 Å². The van der Waals surface area contributed by atoms with Gasteiger partial charge < -0.3 is 10.1 Å². The summed E-state index contributed by atoms with van der Waals surface area (Å²) in [5.74, 6) is 0.552. The Morgan fingerprint density at radius 2 is 1.84 bits per heavy atom. The minimum atomic E-state index is -3.60. The second-order valence-electron chi connectivity index (χ2n) is 8.06. The van der Waals surface area contributed by atoms with Gasteiger partial charge in [-0.3, -0.25) is 0 Å². The summed E-state index contributed by atoms with van der Waals surface area (Å²) in [6, 6.07) is 4.79. The normalized spacial score (nSPS) is 20.4. The molecule has 1 heterocycles. The molecule has 0 bridgehead atoms. The van der Waals surface area contributed by atoms with Gasteiger partial charge in [0, 0.05) is 23.2 Å². The lowest BCUT2D eigenvalue weighted by Gasteiger charge is -2.46. The Morgan fingerprint density at radius 3 is 2.40 bits per heavy atom. The van der Waals surface area contributed by atoms with E-state index in [1.54, 1.807) is 18.2 Å². The second-order valence-corrected chi connectivity index (χ2v) is 10.6. The summed E-state index contributed by atoms with van der Waals surface area (Å²) in [4.78, 5) is 0.232. The Morgan fingerprint density at radius 1 is 1.24 bits per heavy atom. The van der Waals surface area contributed by atoms with Crippen molar-refractivity contribution in [3.8, 4) is 5.75 Å². The molecule has 0 aromatic heterocycles. The molecule has 0 radical (unpaired) electrons. The van der Waals surface area contributed by atoms with Gasteiger partial charge in [0.1, 0.15) is 5.75 Å². The lowest BCUT2D eigenvalue weighted by atomic mass is 9.80. The van der Waals surface area contributed by atoms with Crippen molar-refractivity contribution in [3.05, 3.63) is 22.7 Å². The Balaban J connectivity index is 2.21. The van der Waals surface area contributed by atoms with Crippen LogP contribution in [0.3, 0.4) is 0 Å². The van der Waals surface area contributed by atoms with Crippen molar-refractivity contribution < 1.29 is 13.2 Å². The number of ether oxygens (including phenoxy) is 1. The molecular formula is C18H29BrN2O3S. The third kappa shape index (κ3) is 5.67. The zero-order chi connectivity index (χ0) is 18.9. The molecule has 1 aromatic rings. The molecule has 0 saturated carbocycles. The summed E-state index contributed by atoms with van der Waals surface area (Å²) < 4.78 is 35.0. The van der Waals surface area contributed by atoms with E-state index in [0.29, 0.717) is 12.4 Å². The molecule has 25 heavy (non-hydrogen) atoms. The number of sulfonamides is 1. The number of nitrogens with one attached hydrogen (secondary N) is 2. The fourth-order valence-corrected chi connectivity index (χ4v) is 5.28. The van der Waals surface area contributed by atoms with Crippen LogP contribution >= 0.6 is 15.9 Å². The zero-order valence-corrected chi connectivity index (χ0v) is 18.1. The standard InChI is InChI=1S/C18H29BrN2O3S/c1-6-9-24-16-10-14(7-8-15(16)19)25(22,23)20-13-11-17(2,3)21-18(4,5)12-13/h7-8,10,13,20-21H,6,9,11-12H2,1-5H3.